The minimum Gasteiger partial charge on any atom is -0.363 e. The lowest BCUT2D eigenvalue weighted by molar-refractivity contribution is -0.145. The molecule has 0 radical (unpaired) electrons. The average molecular weight is 650 g/mol. The molecule has 1 aromatic rings. The van der Waals surface area contributed by atoms with Crippen molar-refractivity contribution in [2.45, 2.75) is 110 Å². The molecule has 6 atom stereocenters. The van der Waals surface area contributed by atoms with E-state index in [2.05, 4.69) is 29.8 Å². The molecule has 11 heteroatoms. The number of Topliss-reactive ketones (excluding diaryl/α,β-unsaturated/α-hetero) is 2. The number of piperidine rings is 1. The summed E-state index contributed by atoms with van der Waals surface area (Å²) in [6.45, 7) is 9.98. The van der Waals surface area contributed by atoms with E-state index in [1.807, 2.05) is 26.8 Å². The lowest BCUT2D eigenvalue weighted by Crippen LogP contribution is -2.62. The number of nitrogens with zero attached hydrogens (tertiary/aromatic N) is 1. The lowest BCUT2D eigenvalue weighted by Gasteiger charge is -2.38. The molecule has 3 saturated carbocycles. The van der Waals surface area contributed by atoms with Gasteiger partial charge in [0.05, 0.1) is 12.1 Å². The van der Waals surface area contributed by atoms with E-state index in [0.717, 1.165) is 44.9 Å². The van der Waals surface area contributed by atoms with E-state index >= 15 is 0 Å². The number of rotatable bonds is 12. The Morgan fingerprint density at radius 3 is 2.13 bits per heavy atom. The summed E-state index contributed by atoms with van der Waals surface area (Å²) < 4.78 is 0. The number of primary amides is 1. The number of carbonyl (C=O) groups is 6. The SMILES string of the molecule is CC(C)(C)[C@H](NC(=O)N[C@H](C(=O)c1ccccc1)C1CCCCC1)C(=O)N1C[C@H]2[C@@H]([C@H]1C(=O)NC(CC1CC1)C(=O)C(N)=O)C2(C)C. The van der Waals surface area contributed by atoms with Crippen LogP contribution in [0.4, 0.5) is 4.79 Å². The zero-order valence-electron chi connectivity index (χ0n) is 28.3. The Balaban J connectivity index is 1.34. The van der Waals surface area contributed by atoms with E-state index in [4.69, 9.17) is 5.73 Å². The average Bonchev–Trinajstić information content (AvgIpc) is 3.89. The number of ketones is 2. The normalized spacial score (nSPS) is 25.5. The van der Waals surface area contributed by atoms with Crippen LogP contribution >= 0.6 is 0 Å². The molecule has 1 saturated heterocycles. The largest absolute Gasteiger partial charge is 0.363 e. The highest BCUT2D eigenvalue weighted by molar-refractivity contribution is 6.37. The van der Waals surface area contributed by atoms with E-state index in [1.54, 1.807) is 24.3 Å². The van der Waals surface area contributed by atoms with Gasteiger partial charge in [0, 0.05) is 12.1 Å². The molecule has 0 bridgehead atoms. The fourth-order valence-electron chi connectivity index (χ4n) is 7.94. The molecular weight excluding hydrogens is 598 g/mol. The first-order valence-corrected chi connectivity index (χ1v) is 17.2. The van der Waals surface area contributed by atoms with Gasteiger partial charge in [-0.2, -0.15) is 0 Å². The van der Waals surface area contributed by atoms with E-state index in [0.29, 0.717) is 18.5 Å². The van der Waals surface area contributed by atoms with Crippen molar-refractivity contribution in [3.05, 3.63) is 35.9 Å². The molecule has 256 valence electrons. The summed E-state index contributed by atoms with van der Waals surface area (Å²) in [6.07, 6.45) is 6.90. The van der Waals surface area contributed by atoms with Crippen LogP contribution in [0.25, 0.3) is 0 Å². The molecule has 0 spiro atoms. The molecule has 5 N–H and O–H groups in total. The van der Waals surface area contributed by atoms with Crippen LogP contribution < -0.4 is 21.7 Å². The van der Waals surface area contributed by atoms with Gasteiger partial charge in [-0.25, -0.2) is 4.79 Å². The van der Waals surface area contributed by atoms with Gasteiger partial charge in [-0.05, 0) is 53.8 Å². The fraction of sp³-hybridized carbons (Fsp3) is 0.667. The number of hydrogen-bond acceptors (Lipinski definition) is 6. The summed E-state index contributed by atoms with van der Waals surface area (Å²) in [6, 6.07) is 4.67. The van der Waals surface area contributed by atoms with Crippen LogP contribution in [0.1, 0.15) is 96.3 Å². The van der Waals surface area contributed by atoms with Crippen LogP contribution in [0.3, 0.4) is 0 Å². The van der Waals surface area contributed by atoms with Gasteiger partial charge < -0.3 is 26.6 Å². The molecule has 3 aliphatic carbocycles. The van der Waals surface area contributed by atoms with Crippen molar-refractivity contribution in [1.82, 2.24) is 20.9 Å². The Bertz CT molecular complexity index is 1390. The van der Waals surface area contributed by atoms with Gasteiger partial charge in [-0.3, -0.25) is 24.0 Å². The molecule has 0 aromatic heterocycles. The monoisotopic (exact) mass is 649 g/mol. The highest BCUT2D eigenvalue weighted by atomic mass is 16.2. The Labute approximate surface area is 277 Å². The Morgan fingerprint density at radius 1 is 0.915 bits per heavy atom. The molecule has 5 amide bonds. The number of carbonyl (C=O) groups excluding carboxylic acids is 6. The summed E-state index contributed by atoms with van der Waals surface area (Å²) >= 11 is 0. The van der Waals surface area contributed by atoms with Crippen LogP contribution in [0.5, 0.6) is 0 Å². The highest BCUT2D eigenvalue weighted by Crippen LogP contribution is 2.65. The number of amides is 5. The fourth-order valence-corrected chi connectivity index (χ4v) is 7.94. The van der Waals surface area contributed by atoms with Crippen molar-refractivity contribution in [3.8, 4) is 0 Å². The minimum atomic E-state index is -1.10. The maximum Gasteiger partial charge on any atom is 0.316 e. The molecular formula is C36H51N5O6. The summed E-state index contributed by atoms with van der Waals surface area (Å²) in [7, 11) is 0. The molecule has 11 nitrogen and oxygen atoms in total. The van der Waals surface area contributed by atoms with Gasteiger partial charge in [0.15, 0.2) is 5.78 Å². The van der Waals surface area contributed by atoms with Gasteiger partial charge in [-0.15, -0.1) is 0 Å². The first kappa shape index (κ1) is 34.6. The number of nitrogens with two attached hydrogens (primary N) is 1. The molecule has 1 unspecified atom stereocenters. The second-order valence-electron chi connectivity index (χ2n) is 15.9. The van der Waals surface area contributed by atoms with Crippen molar-refractivity contribution in [2.75, 3.05) is 6.54 Å². The standard InChI is InChI=1S/C36H51N5O6/c1-35(2,3)30(40-34(47)39-26(21-12-8-6-9-13-21)28(42)22-14-10-7-11-15-22)33(46)41-19-23-25(36(23,4)5)27(41)32(45)38-24(18-20-16-17-20)29(43)31(37)44/h7,10-11,14-15,20-21,23-27,30H,6,8-9,12-13,16-19H2,1-5H3,(H2,37,44)(H,38,45)(H2,39,40,47)/t23-,24?,25-,26-,27-,30+/m0/s1. The second-order valence-corrected chi connectivity index (χ2v) is 15.9. The first-order valence-electron chi connectivity index (χ1n) is 17.2. The number of fused-ring (bicyclic) bond motifs is 1. The zero-order chi connectivity index (χ0) is 34.3. The van der Waals surface area contributed by atoms with Crippen LogP contribution in [0, 0.1) is 34.5 Å². The topological polar surface area (TPSA) is 168 Å². The summed E-state index contributed by atoms with van der Waals surface area (Å²) in [5, 5.41) is 8.61. The zero-order valence-corrected chi connectivity index (χ0v) is 28.3. The van der Waals surface area contributed by atoms with Crippen LogP contribution in [-0.2, 0) is 19.2 Å². The quantitative estimate of drug-likeness (QED) is 0.200. The highest BCUT2D eigenvalue weighted by Gasteiger charge is 2.70. The van der Waals surface area contributed by atoms with Gasteiger partial charge >= 0.3 is 6.03 Å². The van der Waals surface area contributed by atoms with Gasteiger partial charge in [0.2, 0.25) is 17.6 Å². The van der Waals surface area contributed by atoms with Crippen molar-refractivity contribution in [3.63, 3.8) is 0 Å². The lowest BCUT2D eigenvalue weighted by atomic mass is 9.81. The van der Waals surface area contributed by atoms with Crippen LogP contribution in [0.15, 0.2) is 30.3 Å². The smallest absolute Gasteiger partial charge is 0.316 e. The second kappa shape index (κ2) is 13.4. The van der Waals surface area contributed by atoms with Gasteiger partial charge in [0.1, 0.15) is 12.1 Å². The number of likely N-dealkylation sites (tertiary alicyclic amines) is 1. The van der Waals surface area contributed by atoms with E-state index in [1.165, 1.54) is 4.90 Å². The molecule has 4 aliphatic rings. The Morgan fingerprint density at radius 2 is 1.55 bits per heavy atom. The molecule has 1 aliphatic heterocycles. The number of hydrogen-bond donors (Lipinski definition) is 4. The van der Waals surface area contributed by atoms with Crippen LogP contribution in [-0.4, -0.2) is 70.9 Å². The predicted molar refractivity (Wildman–Crippen MR) is 176 cm³/mol. The van der Waals surface area contributed by atoms with Crippen molar-refractivity contribution in [2.24, 2.45) is 40.2 Å². The molecule has 5 rings (SSSR count). The first-order chi connectivity index (χ1) is 22.1. The van der Waals surface area contributed by atoms with Crippen molar-refractivity contribution in [1.29, 1.82) is 0 Å². The Hall–Kier alpha value is -3.76. The number of benzene rings is 1. The maximum atomic E-state index is 14.4. The third-order valence-electron chi connectivity index (χ3n) is 11.0. The summed E-state index contributed by atoms with van der Waals surface area (Å²) in [5.41, 5.74) is 4.91. The number of nitrogens with one attached hydrogen (secondary N) is 3. The maximum absolute atomic E-state index is 14.4. The third kappa shape index (κ3) is 7.54. The van der Waals surface area contributed by atoms with Crippen molar-refractivity contribution >= 4 is 35.3 Å². The van der Waals surface area contributed by atoms with E-state index < -0.39 is 59.1 Å². The van der Waals surface area contributed by atoms with Crippen LogP contribution in [0.2, 0.25) is 0 Å². The number of urea groups is 1. The van der Waals surface area contributed by atoms with Crippen molar-refractivity contribution < 1.29 is 28.8 Å². The predicted octanol–water partition coefficient (Wildman–Crippen LogP) is 3.35. The Kier molecular flexibility index (Phi) is 9.85. The van der Waals surface area contributed by atoms with Gasteiger partial charge in [-0.1, -0.05) is 97.1 Å². The van der Waals surface area contributed by atoms with E-state index in [9.17, 15) is 28.8 Å². The minimum absolute atomic E-state index is 0.0151. The third-order valence-corrected chi connectivity index (χ3v) is 11.0. The molecule has 4 fully saturated rings. The molecule has 1 aromatic carbocycles. The molecule has 1 heterocycles. The van der Waals surface area contributed by atoms with E-state index in [-0.39, 0.29) is 34.9 Å². The van der Waals surface area contributed by atoms with Gasteiger partial charge in [0.25, 0.3) is 5.91 Å². The molecule has 47 heavy (non-hydrogen) atoms. The summed E-state index contributed by atoms with van der Waals surface area (Å²) in [5.74, 6) is -2.81. The summed E-state index contributed by atoms with van der Waals surface area (Å²) in [4.78, 5) is 81.6.